The number of hydrogen-bond acceptors (Lipinski definition) is 4. The first-order chi connectivity index (χ1) is 7.90. The molecule has 1 rings (SSSR count). The van der Waals surface area contributed by atoms with E-state index >= 15 is 0 Å². The maximum Gasteiger partial charge on any atom is 0.321 e. The summed E-state index contributed by atoms with van der Waals surface area (Å²) in [6.45, 7) is 0.0338. The number of carbonyl (C=O) groups excluding carboxylic acids is 1. The number of rotatable bonds is 8. The van der Waals surface area contributed by atoms with E-state index in [4.69, 9.17) is 9.79 Å². The molecule has 3 N–H and O–H groups in total. The molecule has 0 spiro atoms. The molecule has 0 aromatic carbocycles. The number of hydrogen-bond donors (Lipinski definition) is 3. The normalized spacial score (nSPS) is 15.9. The van der Waals surface area contributed by atoms with Crippen LogP contribution in [0.25, 0.3) is 0 Å². The van der Waals surface area contributed by atoms with Crippen molar-refractivity contribution in [1.82, 2.24) is 10.2 Å². The Labute approximate surface area is 106 Å². The lowest BCUT2D eigenvalue weighted by Crippen LogP contribution is -2.37. The fourth-order valence-corrected chi connectivity index (χ4v) is 2.10. The second-order valence-electron chi connectivity index (χ2n) is 4.02. The molecule has 6 nitrogen and oxygen atoms in total. The molecular formula is C9H19N2O4PS. The van der Waals surface area contributed by atoms with Crippen LogP contribution in [0.5, 0.6) is 0 Å². The summed E-state index contributed by atoms with van der Waals surface area (Å²) >= 11 is 4.30. The minimum atomic E-state index is -3.53. The predicted molar refractivity (Wildman–Crippen MR) is 68.0 cm³/mol. The molecule has 0 atom stereocenters. The minimum absolute atomic E-state index is 0.103. The van der Waals surface area contributed by atoms with Crippen LogP contribution < -0.4 is 5.32 Å². The summed E-state index contributed by atoms with van der Waals surface area (Å²) in [6.07, 6.45) is 2.20. The zero-order valence-corrected chi connectivity index (χ0v) is 11.5. The Balaban J connectivity index is 2.03. The largest absolute Gasteiger partial charge is 0.339 e. The van der Waals surface area contributed by atoms with Crippen LogP contribution in [0.3, 0.4) is 0 Å². The lowest BCUT2D eigenvalue weighted by atomic mass is 10.4. The Bertz CT molecular complexity index is 305. The van der Waals surface area contributed by atoms with E-state index in [1.807, 2.05) is 4.90 Å². The first-order valence-electron chi connectivity index (χ1n) is 5.58. The van der Waals surface area contributed by atoms with E-state index in [2.05, 4.69) is 21.6 Å². The van der Waals surface area contributed by atoms with E-state index in [9.17, 15) is 4.79 Å². The van der Waals surface area contributed by atoms with E-state index < -0.39 is 6.72 Å². The average Bonchev–Trinajstić information content (AvgIpc) is 2.98. The van der Waals surface area contributed by atoms with Crippen LogP contribution in [0.1, 0.15) is 19.8 Å². The summed E-state index contributed by atoms with van der Waals surface area (Å²) < 4.78 is 4.64. The van der Waals surface area contributed by atoms with Crippen molar-refractivity contribution in [2.24, 2.45) is 0 Å². The van der Waals surface area contributed by atoms with Crippen LogP contribution in [-0.4, -0.2) is 52.9 Å². The fourth-order valence-electron chi connectivity index (χ4n) is 1.54. The summed E-state index contributed by atoms with van der Waals surface area (Å²) in [5.74, 6) is 0.103. The van der Waals surface area contributed by atoms with Crippen LogP contribution in [0.4, 0.5) is 0 Å². The van der Waals surface area contributed by atoms with Crippen molar-refractivity contribution in [3.05, 3.63) is 0 Å². The van der Waals surface area contributed by atoms with Gasteiger partial charge in [0.25, 0.3) is 0 Å². The Morgan fingerprint density at radius 3 is 2.65 bits per heavy atom. The molecule has 17 heavy (non-hydrogen) atoms. The van der Waals surface area contributed by atoms with Gasteiger partial charge in [0.2, 0.25) is 5.91 Å². The highest BCUT2D eigenvalue weighted by Crippen LogP contribution is 2.35. The molecule has 0 heterocycles. The van der Waals surface area contributed by atoms with E-state index in [1.54, 1.807) is 6.92 Å². The minimum Gasteiger partial charge on any atom is -0.339 e. The van der Waals surface area contributed by atoms with Crippen molar-refractivity contribution in [2.75, 3.05) is 26.2 Å². The Morgan fingerprint density at radius 1 is 1.53 bits per heavy atom. The first kappa shape index (κ1) is 15.0. The molecule has 1 amide bonds. The quantitative estimate of drug-likeness (QED) is 0.423. The van der Waals surface area contributed by atoms with Crippen LogP contribution in [0, 0.1) is 0 Å². The monoisotopic (exact) mass is 282 g/mol. The summed E-state index contributed by atoms with van der Waals surface area (Å²) in [4.78, 5) is 30.7. The second-order valence-corrected chi connectivity index (χ2v) is 6.68. The van der Waals surface area contributed by atoms with Gasteiger partial charge in [0, 0.05) is 32.6 Å². The van der Waals surface area contributed by atoms with Gasteiger partial charge in [-0.2, -0.15) is 0 Å². The van der Waals surface area contributed by atoms with Crippen LogP contribution in [0.2, 0.25) is 0 Å². The average molecular weight is 282 g/mol. The van der Waals surface area contributed by atoms with Crippen molar-refractivity contribution >= 4 is 24.4 Å². The second kappa shape index (κ2) is 6.78. The summed E-state index contributed by atoms with van der Waals surface area (Å²) in [5, 5.41) is 3.06. The third-order valence-electron chi connectivity index (χ3n) is 2.46. The highest BCUT2D eigenvalue weighted by atomic mass is 32.5. The van der Waals surface area contributed by atoms with Crippen molar-refractivity contribution in [3.8, 4) is 0 Å². The van der Waals surface area contributed by atoms with E-state index in [1.165, 1.54) is 0 Å². The Morgan fingerprint density at radius 2 is 2.18 bits per heavy atom. The smallest absolute Gasteiger partial charge is 0.321 e. The molecular weight excluding hydrogens is 263 g/mol. The molecule has 0 saturated heterocycles. The summed E-state index contributed by atoms with van der Waals surface area (Å²) in [5.41, 5.74) is 0. The van der Waals surface area contributed by atoms with Gasteiger partial charge in [-0.15, -0.1) is 0 Å². The fraction of sp³-hybridized carbons (Fsp3) is 0.889. The van der Waals surface area contributed by atoms with Crippen LogP contribution >= 0.6 is 6.72 Å². The van der Waals surface area contributed by atoms with Crippen molar-refractivity contribution in [2.45, 2.75) is 25.8 Å². The Hall–Kier alpha value is -0.0400. The molecule has 1 aliphatic rings. The highest BCUT2D eigenvalue weighted by molar-refractivity contribution is 8.06. The maximum atomic E-state index is 11.3. The maximum absolute atomic E-state index is 11.3. The van der Waals surface area contributed by atoms with E-state index in [0.29, 0.717) is 25.7 Å². The third kappa shape index (κ3) is 7.08. The Kier molecular flexibility index (Phi) is 5.99. The van der Waals surface area contributed by atoms with Crippen LogP contribution in [0.15, 0.2) is 0 Å². The van der Waals surface area contributed by atoms with Gasteiger partial charge in [-0.3, -0.25) is 4.79 Å². The molecule has 100 valence electrons. The molecule has 0 aliphatic heterocycles. The lowest BCUT2D eigenvalue weighted by Gasteiger charge is -2.20. The molecule has 1 fully saturated rings. The van der Waals surface area contributed by atoms with Gasteiger partial charge < -0.3 is 24.5 Å². The number of nitrogens with zero attached hydrogens (tertiary/aromatic N) is 1. The predicted octanol–water partition coefficient (Wildman–Crippen LogP) is -0.187. The first-order valence-corrected chi connectivity index (χ1v) is 8.21. The third-order valence-corrected chi connectivity index (χ3v) is 3.30. The highest BCUT2D eigenvalue weighted by Gasteiger charge is 2.30. The molecule has 0 aromatic rings. The molecule has 0 unspecified atom stereocenters. The lowest BCUT2D eigenvalue weighted by molar-refractivity contribution is -0.129. The SMILES string of the molecule is CC(=O)N(CCNCCOP(O)(O)=S)C1CC1. The topological polar surface area (TPSA) is 82.0 Å². The van der Waals surface area contributed by atoms with E-state index in [-0.39, 0.29) is 12.5 Å². The molecule has 8 heteroatoms. The molecule has 0 aromatic heterocycles. The van der Waals surface area contributed by atoms with Gasteiger partial charge in [0.1, 0.15) is 0 Å². The summed E-state index contributed by atoms with van der Waals surface area (Å²) in [7, 11) is 0. The zero-order chi connectivity index (χ0) is 12.9. The summed E-state index contributed by atoms with van der Waals surface area (Å²) in [6, 6.07) is 0.423. The van der Waals surface area contributed by atoms with E-state index in [0.717, 1.165) is 12.8 Å². The molecule has 1 saturated carbocycles. The molecule has 0 radical (unpaired) electrons. The van der Waals surface area contributed by atoms with Gasteiger partial charge in [0.05, 0.1) is 6.61 Å². The van der Waals surface area contributed by atoms with Gasteiger partial charge in [-0.05, 0) is 24.6 Å². The van der Waals surface area contributed by atoms with Gasteiger partial charge >= 0.3 is 6.72 Å². The standard InChI is InChI=1S/C9H19N2O4PS/c1-8(12)11(9-2-3-9)6-4-10-5-7-15-16(13,14)17/h9-10H,2-7H2,1H3,(H2,13,14,17). The van der Waals surface area contributed by atoms with Crippen molar-refractivity contribution < 1.29 is 19.1 Å². The molecule has 0 bridgehead atoms. The van der Waals surface area contributed by atoms with Gasteiger partial charge in [0.15, 0.2) is 0 Å². The number of amides is 1. The number of carbonyl (C=O) groups is 1. The van der Waals surface area contributed by atoms with Gasteiger partial charge in [-0.25, -0.2) is 0 Å². The zero-order valence-electron chi connectivity index (χ0n) is 9.83. The number of nitrogens with one attached hydrogen (secondary N) is 1. The van der Waals surface area contributed by atoms with Crippen molar-refractivity contribution in [3.63, 3.8) is 0 Å². The molecule has 1 aliphatic carbocycles. The van der Waals surface area contributed by atoms with Crippen molar-refractivity contribution in [1.29, 1.82) is 0 Å². The van der Waals surface area contributed by atoms with Gasteiger partial charge in [-0.1, -0.05) is 0 Å². The van der Waals surface area contributed by atoms with Crippen LogP contribution in [-0.2, 0) is 21.1 Å².